The molecule has 0 aromatic heterocycles. The van der Waals surface area contributed by atoms with Crippen LogP contribution in [0.4, 0.5) is 0 Å². The van der Waals surface area contributed by atoms with Crippen LogP contribution < -0.4 is 4.72 Å². The van der Waals surface area contributed by atoms with Gasteiger partial charge in [-0.25, -0.2) is 13.1 Å². The molecule has 0 aliphatic heterocycles. The number of rotatable bonds is 5. The minimum Gasteiger partial charge on any atom is -0.396 e. The standard InChI is InChI=1S/C13H20ClNO3S/c1-13(2,3)12(7-8-16)15-19(17,18)11-6-4-5-10(14)9-11/h4-6,9,12,15-16H,7-8H2,1-3H3. The van der Waals surface area contributed by atoms with Gasteiger partial charge in [0.15, 0.2) is 0 Å². The van der Waals surface area contributed by atoms with E-state index in [0.717, 1.165) is 0 Å². The lowest BCUT2D eigenvalue weighted by Crippen LogP contribution is -2.44. The highest BCUT2D eigenvalue weighted by molar-refractivity contribution is 7.89. The average molecular weight is 306 g/mol. The Morgan fingerprint density at radius 1 is 1.37 bits per heavy atom. The van der Waals surface area contributed by atoms with Gasteiger partial charge in [0.1, 0.15) is 0 Å². The SMILES string of the molecule is CC(C)(C)C(CCO)NS(=O)(=O)c1cccc(Cl)c1. The predicted octanol–water partition coefficient (Wildman–Crippen LogP) is 2.42. The Balaban J connectivity index is 3.01. The van der Waals surface area contributed by atoms with Gasteiger partial charge in [-0.2, -0.15) is 0 Å². The Hall–Kier alpha value is -0.620. The maximum absolute atomic E-state index is 12.3. The molecule has 0 radical (unpaired) electrons. The third-order valence-electron chi connectivity index (χ3n) is 2.87. The summed E-state index contributed by atoms with van der Waals surface area (Å²) in [5, 5.41) is 9.43. The van der Waals surface area contributed by atoms with E-state index in [1.807, 2.05) is 20.8 Å². The van der Waals surface area contributed by atoms with Gasteiger partial charge in [-0.3, -0.25) is 0 Å². The summed E-state index contributed by atoms with van der Waals surface area (Å²) in [4.78, 5) is 0.132. The third kappa shape index (κ3) is 4.76. The molecule has 0 saturated carbocycles. The molecule has 0 aliphatic rings. The molecule has 0 spiro atoms. The molecular weight excluding hydrogens is 286 g/mol. The van der Waals surface area contributed by atoms with Gasteiger partial charge >= 0.3 is 0 Å². The van der Waals surface area contributed by atoms with Crippen molar-refractivity contribution in [2.75, 3.05) is 6.61 Å². The zero-order chi connectivity index (χ0) is 14.7. The molecule has 0 bridgehead atoms. The normalized spacial score (nSPS) is 14.4. The molecule has 6 heteroatoms. The van der Waals surface area contributed by atoms with E-state index >= 15 is 0 Å². The van der Waals surface area contributed by atoms with Gasteiger partial charge in [-0.05, 0) is 30.0 Å². The van der Waals surface area contributed by atoms with Crippen LogP contribution in [0, 0.1) is 5.41 Å². The van der Waals surface area contributed by atoms with Crippen LogP contribution in [0.15, 0.2) is 29.2 Å². The van der Waals surface area contributed by atoms with Crippen LogP contribution in [0.2, 0.25) is 5.02 Å². The number of halogens is 1. The third-order valence-corrected chi connectivity index (χ3v) is 4.57. The lowest BCUT2D eigenvalue weighted by atomic mass is 9.86. The van der Waals surface area contributed by atoms with Crippen molar-refractivity contribution >= 4 is 21.6 Å². The number of nitrogens with one attached hydrogen (secondary N) is 1. The quantitative estimate of drug-likeness (QED) is 0.878. The zero-order valence-corrected chi connectivity index (χ0v) is 12.9. The molecule has 0 heterocycles. The lowest BCUT2D eigenvalue weighted by Gasteiger charge is -2.30. The molecule has 1 unspecified atom stereocenters. The van der Waals surface area contributed by atoms with E-state index in [2.05, 4.69) is 4.72 Å². The Morgan fingerprint density at radius 2 is 2.00 bits per heavy atom. The highest BCUT2D eigenvalue weighted by Crippen LogP contribution is 2.24. The van der Waals surface area contributed by atoms with Gasteiger partial charge in [0.2, 0.25) is 10.0 Å². The number of benzene rings is 1. The fourth-order valence-electron chi connectivity index (χ4n) is 1.69. The van der Waals surface area contributed by atoms with E-state index in [4.69, 9.17) is 16.7 Å². The highest BCUT2D eigenvalue weighted by Gasteiger charge is 2.29. The highest BCUT2D eigenvalue weighted by atomic mass is 35.5. The van der Waals surface area contributed by atoms with Crippen LogP contribution in [0.3, 0.4) is 0 Å². The van der Waals surface area contributed by atoms with E-state index in [1.54, 1.807) is 12.1 Å². The van der Waals surface area contributed by atoms with E-state index < -0.39 is 10.0 Å². The lowest BCUT2D eigenvalue weighted by molar-refractivity contribution is 0.214. The first-order valence-corrected chi connectivity index (χ1v) is 7.91. The monoisotopic (exact) mass is 305 g/mol. The summed E-state index contributed by atoms with van der Waals surface area (Å²) in [5.41, 5.74) is -0.283. The molecule has 108 valence electrons. The Kier molecular flexibility index (Phi) is 5.38. The van der Waals surface area contributed by atoms with Gasteiger partial charge in [0, 0.05) is 17.7 Å². The van der Waals surface area contributed by atoms with Gasteiger partial charge < -0.3 is 5.11 Å². The molecule has 0 fully saturated rings. The van der Waals surface area contributed by atoms with Gasteiger partial charge in [0.25, 0.3) is 0 Å². The van der Waals surface area contributed by atoms with Crippen LogP contribution in [0.25, 0.3) is 0 Å². The molecule has 0 amide bonds. The van der Waals surface area contributed by atoms with Crippen molar-refractivity contribution < 1.29 is 13.5 Å². The van der Waals surface area contributed by atoms with Crippen LogP contribution in [0.5, 0.6) is 0 Å². The molecule has 1 rings (SSSR count). The van der Waals surface area contributed by atoms with Crippen molar-refractivity contribution in [3.63, 3.8) is 0 Å². The van der Waals surface area contributed by atoms with Crippen LogP contribution in [0.1, 0.15) is 27.2 Å². The average Bonchev–Trinajstić information content (AvgIpc) is 2.27. The van der Waals surface area contributed by atoms with Crippen molar-refractivity contribution in [3.8, 4) is 0 Å². The first kappa shape index (κ1) is 16.4. The smallest absolute Gasteiger partial charge is 0.240 e. The number of hydrogen-bond acceptors (Lipinski definition) is 3. The Bertz CT molecular complexity index is 523. The number of sulfonamides is 1. The summed E-state index contributed by atoms with van der Waals surface area (Å²) in [6.07, 6.45) is 0.364. The Morgan fingerprint density at radius 3 is 2.47 bits per heavy atom. The Labute approximate surface area is 119 Å². The molecule has 2 N–H and O–H groups in total. The van der Waals surface area contributed by atoms with Crippen LogP contribution >= 0.6 is 11.6 Å². The van der Waals surface area contributed by atoms with Gasteiger partial charge in [0.05, 0.1) is 4.90 Å². The van der Waals surface area contributed by atoms with Crippen molar-refractivity contribution in [1.29, 1.82) is 0 Å². The minimum atomic E-state index is -3.63. The fraction of sp³-hybridized carbons (Fsp3) is 0.538. The second-order valence-corrected chi connectivity index (χ2v) is 7.66. The summed E-state index contributed by atoms with van der Waals surface area (Å²) >= 11 is 5.81. The van der Waals surface area contributed by atoms with Crippen molar-refractivity contribution in [1.82, 2.24) is 4.72 Å². The zero-order valence-electron chi connectivity index (χ0n) is 11.4. The predicted molar refractivity (Wildman–Crippen MR) is 76.7 cm³/mol. The number of hydrogen-bond donors (Lipinski definition) is 2. The van der Waals surface area contributed by atoms with Crippen molar-refractivity contribution in [2.24, 2.45) is 5.41 Å². The molecule has 1 aromatic rings. The van der Waals surface area contributed by atoms with Crippen LogP contribution in [-0.4, -0.2) is 26.2 Å². The van der Waals surface area contributed by atoms with Crippen LogP contribution in [-0.2, 0) is 10.0 Å². The first-order valence-electron chi connectivity index (χ1n) is 6.05. The molecule has 0 saturated heterocycles. The largest absolute Gasteiger partial charge is 0.396 e. The summed E-state index contributed by atoms with van der Waals surface area (Å²) in [6, 6.07) is 5.77. The minimum absolute atomic E-state index is 0.0694. The number of aliphatic hydroxyl groups is 1. The summed E-state index contributed by atoms with van der Waals surface area (Å²) in [5.74, 6) is 0. The molecule has 0 aliphatic carbocycles. The topological polar surface area (TPSA) is 66.4 Å². The number of aliphatic hydroxyl groups excluding tert-OH is 1. The van der Waals surface area contributed by atoms with E-state index in [0.29, 0.717) is 11.4 Å². The molecule has 1 atom stereocenters. The van der Waals surface area contributed by atoms with Gasteiger partial charge in [-0.1, -0.05) is 38.4 Å². The molecule has 1 aromatic carbocycles. The first-order chi connectivity index (χ1) is 8.66. The van der Waals surface area contributed by atoms with E-state index in [-0.39, 0.29) is 23.0 Å². The van der Waals surface area contributed by atoms with Crippen molar-refractivity contribution in [3.05, 3.63) is 29.3 Å². The molecule has 4 nitrogen and oxygen atoms in total. The fourth-order valence-corrected chi connectivity index (χ4v) is 3.46. The second-order valence-electron chi connectivity index (χ2n) is 5.51. The summed E-state index contributed by atoms with van der Waals surface area (Å²) < 4.78 is 27.2. The molecule has 19 heavy (non-hydrogen) atoms. The maximum atomic E-state index is 12.3. The summed E-state index contributed by atoms with van der Waals surface area (Å²) in [6.45, 7) is 5.70. The molecular formula is C13H20ClNO3S. The van der Waals surface area contributed by atoms with Gasteiger partial charge in [-0.15, -0.1) is 0 Å². The van der Waals surface area contributed by atoms with E-state index in [9.17, 15) is 8.42 Å². The van der Waals surface area contributed by atoms with E-state index in [1.165, 1.54) is 12.1 Å². The second kappa shape index (κ2) is 6.22. The maximum Gasteiger partial charge on any atom is 0.240 e. The van der Waals surface area contributed by atoms with Crippen molar-refractivity contribution in [2.45, 2.75) is 38.1 Å². The summed E-state index contributed by atoms with van der Waals surface area (Å²) in [7, 11) is -3.63.